The Labute approximate surface area is 77.9 Å². The number of nitrogens with one attached hydrogen (secondary N) is 1. The smallest absolute Gasteiger partial charge is 0.000471 e. The van der Waals surface area contributed by atoms with Gasteiger partial charge in [-0.05, 0) is 30.7 Å². The van der Waals surface area contributed by atoms with Crippen LogP contribution in [0.25, 0.3) is 0 Å². The molecule has 0 heterocycles. The lowest BCUT2D eigenvalue weighted by atomic mass is 9.71. The van der Waals surface area contributed by atoms with E-state index in [0.29, 0.717) is 5.41 Å². The maximum Gasteiger partial charge on any atom is 0.000471 e. The summed E-state index contributed by atoms with van der Waals surface area (Å²) in [5, 5.41) is 3.30. The predicted octanol–water partition coefficient (Wildman–Crippen LogP) is 2.91. The summed E-state index contributed by atoms with van der Waals surface area (Å²) >= 11 is 0. The van der Waals surface area contributed by atoms with Crippen molar-refractivity contribution >= 4 is 0 Å². The molecular weight excluding hydrogens is 146 g/mol. The molecule has 0 aliphatic rings. The van der Waals surface area contributed by atoms with Crippen LogP contribution in [0, 0.1) is 17.3 Å². The summed E-state index contributed by atoms with van der Waals surface area (Å²) in [7, 11) is 2.04. The molecule has 0 bridgehead atoms. The Morgan fingerprint density at radius 2 is 1.75 bits per heavy atom. The molecule has 2 unspecified atom stereocenters. The average Bonchev–Trinajstić information content (AvgIpc) is 2.03. The average molecular weight is 171 g/mol. The maximum absolute atomic E-state index is 3.30. The summed E-state index contributed by atoms with van der Waals surface area (Å²) in [6, 6.07) is 0. The molecule has 0 saturated carbocycles. The zero-order valence-electron chi connectivity index (χ0n) is 9.57. The number of hydrogen-bond donors (Lipinski definition) is 1. The minimum Gasteiger partial charge on any atom is -0.319 e. The molecule has 0 aliphatic heterocycles. The molecule has 0 aromatic carbocycles. The van der Waals surface area contributed by atoms with Gasteiger partial charge in [-0.15, -0.1) is 0 Å². The van der Waals surface area contributed by atoms with Gasteiger partial charge in [-0.2, -0.15) is 0 Å². The predicted molar refractivity (Wildman–Crippen MR) is 56.3 cm³/mol. The molecule has 0 amide bonds. The van der Waals surface area contributed by atoms with Crippen molar-refractivity contribution in [2.75, 3.05) is 13.6 Å². The van der Waals surface area contributed by atoms with Gasteiger partial charge in [0.15, 0.2) is 0 Å². The highest BCUT2D eigenvalue weighted by Gasteiger charge is 2.30. The second-order valence-electron chi connectivity index (χ2n) is 4.57. The van der Waals surface area contributed by atoms with Crippen LogP contribution < -0.4 is 5.32 Å². The van der Waals surface area contributed by atoms with Crippen LogP contribution in [0.4, 0.5) is 0 Å². The number of rotatable bonds is 5. The van der Waals surface area contributed by atoms with E-state index in [9.17, 15) is 0 Å². The molecule has 2 atom stereocenters. The monoisotopic (exact) mass is 171 g/mol. The molecule has 0 saturated heterocycles. The third-order valence-corrected chi connectivity index (χ3v) is 3.49. The lowest BCUT2D eigenvalue weighted by Gasteiger charge is -2.37. The first-order valence-electron chi connectivity index (χ1n) is 5.12. The molecule has 74 valence electrons. The van der Waals surface area contributed by atoms with Crippen molar-refractivity contribution in [1.29, 1.82) is 0 Å². The Balaban J connectivity index is 4.28. The van der Waals surface area contributed by atoms with Gasteiger partial charge in [0.1, 0.15) is 0 Å². The fourth-order valence-corrected chi connectivity index (χ4v) is 1.82. The zero-order valence-corrected chi connectivity index (χ0v) is 9.57. The molecule has 0 fully saturated rings. The molecular formula is C11H25N. The summed E-state index contributed by atoms with van der Waals surface area (Å²) < 4.78 is 0. The lowest BCUT2D eigenvalue weighted by molar-refractivity contribution is 0.144. The van der Waals surface area contributed by atoms with Crippen LogP contribution in [0.1, 0.15) is 41.0 Å². The topological polar surface area (TPSA) is 12.0 Å². The molecule has 0 rings (SSSR count). The Hall–Kier alpha value is -0.0400. The van der Waals surface area contributed by atoms with E-state index in [2.05, 4.69) is 39.9 Å². The van der Waals surface area contributed by atoms with Crippen molar-refractivity contribution in [2.45, 2.75) is 41.0 Å². The van der Waals surface area contributed by atoms with Crippen molar-refractivity contribution in [3.63, 3.8) is 0 Å². The van der Waals surface area contributed by atoms with Crippen molar-refractivity contribution in [3.05, 3.63) is 0 Å². The highest BCUT2D eigenvalue weighted by atomic mass is 14.8. The van der Waals surface area contributed by atoms with E-state index >= 15 is 0 Å². The van der Waals surface area contributed by atoms with Gasteiger partial charge >= 0.3 is 0 Å². The summed E-state index contributed by atoms with van der Waals surface area (Å²) in [5.74, 6) is 1.57. The van der Waals surface area contributed by atoms with Crippen molar-refractivity contribution in [2.24, 2.45) is 17.3 Å². The summed E-state index contributed by atoms with van der Waals surface area (Å²) in [5.41, 5.74) is 0.461. The molecule has 0 aromatic rings. The first kappa shape index (κ1) is 12.0. The molecule has 12 heavy (non-hydrogen) atoms. The maximum atomic E-state index is 3.30. The second-order valence-corrected chi connectivity index (χ2v) is 4.57. The molecule has 0 aromatic heterocycles. The third-order valence-electron chi connectivity index (χ3n) is 3.49. The van der Waals surface area contributed by atoms with E-state index in [-0.39, 0.29) is 0 Å². The van der Waals surface area contributed by atoms with Crippen LogP contribution in [0.2, 0.25) is 0 Å². The molecule has 0 spiro atoms. The van der Waals surface area contributed by atoms with Crippen LogP contribution in [0.3, 0.4) is 0 Å². The third kappa shape index (κ3) is 2.78. The quantitative estimate of drug-likeness (QED) is 0.670. The van der Waals surface area contributed by atoms with Crippen LogP contribution >= 0.6 is 0 Å². The van der Waals surface area contributed by atoms with Crippen molar-refractivity contribution in [3.8, 4) is 0 Å². The minimum absolute atomic E-state index is 0.461. The van der Waals surface area contributed by atoms with E-state index in [1.54, 1.807) is 0 Å². The van der Waals surface area contributed by atoms with Gasteiger partial charge in [-0.1, -0.05) is 34.6 Å². The highest BCUT2D eigenvalue weighted by molar-refractivity contribution is 4.82. The summed E-state index contributed by atoms with van der Waals surface area (Å²) in [6.07, 6.45) is 1.26. The van der Waals surface area contributed by atoms with E-state index < -0.39 is 0 Å². The van der Waals surface area contributed by atoms with Crippen LogP contribution in [-0.2, 0) is 0 Å². The Morgan fingerprint density at radius 3 is 2.00 bits per heavy atom. The van der Waals surface area contributed by atoms with E-state index in [4.69, 9.17) is 0 Å². The Kier molecular flexibility index (Phi) is 4.84. The van der Waals surface area contributed by atoms with Gasteiger partial charge in [-0.25, -0.2) is 0 Å². The first-order valence-corrected chi connectivity index (χ1v) is 5.12. The van der Waals surface area contributed by atoms with Crippen molar-refractivity contribution < 1.29 is 0 Å². The lowest BCUT2D eigenvalue weighted by Crippen LogP contribution is -2.37. The molecule has 1 N–H and O–H groups in total. The second kappa shape index (κ2) is 4.86. The molecule has 0 radical (unpaired) electrons. The first-order chi connectivity index (χ1) is 5.48. The Morgan fingerprint density at radius 1 is 1.25 bits per heavy atom. The standard InChI is InChI=1S/C11H25N/c1-7-11(5,8-12-6)10(4)9(2)3/h9-10,12H,7-8H2,1-6H3. The summed E-state index contributed by atoms with van der Waals surface area (Å²) in [6.45, 7) is 12.8. The Bertz CT molecular complexity index is 120. The van der Waals surface area contributed by atoms with E-state index in [1.165, 1.54) is 6.42 Å². The van der Waals surface area contributed by atoms with Gasteiger partial charge in [0.2, 0.25) is 0 Å². The van der Waals surface area contributed by atoms with Crippen molar-refractivity contribution in [1.82, 2.24) is 5.32 Å². The SMILES string of the molecule is CCC(C)(CNC)C(C)C(C)C. The van der Waals surface area contributed by atoms with E-state index in [0.717, 1.165) is 18.4 Å². The van der Waals surface area contributed by atoms with Gasteiger partial charge < -0.3 is 5.32 Å². The van der Waals surface area contributed by atoms with Gasteiger partial charge in [0, 0.05) is 6.54 Å². The molecule has 1 heteroatoms. The molecule has 0 aliphatic carbocycles. The normalized spacial score (nSPS) is 19.2. The minimum atomic E-state index is 0.461. The van der Waals surface area contributed by atoms with Gasteiger partial charge in [0.05, 0.1) is 0 Å². The van der Waals surface area contributed by atoms with Crippen LogP contribution in [-0.4, -0.2) is 13.6 Å². The highest BCUT2D eigenvalue weighted by Crippen LogP contribution is 2.34. The van der Waals surface area contributed by atoms with Crippen LogP contribution in [0.5, 0.6) is 0 Å². The van der Waals surface area contributed by atoms with E-state index in [1.807, 2.05) is 7.05 Å². The fraction of sp³-hybridized carbons (Fsp3) is 1.00. The number of hydrogen-bond acceptors (Lipinski definition) is 1. The fourth-order valence-electron chi connectivity index (χ4n) is 1.82. The van der Waals surface area contributed by atoms with Gasteiger partial charge in [-0.3, -0.25) is 0 Å². The van der Waals surface area contributed by atoms with Gasteiger partial charge in [0.25, 0.3) is 0 Å². The largest absolute Gasteiger partial charge is 0.319 e. The molecule has 1 nitrogen and oxygen atoms in total. The zero-order chi connectivity index (χ0) is 9.78. The summed E-state index contributed by atoms with van der Waals surface area (Å²) in [4.78, 5) is 0. The van der Waals surface area contributed by atoms with Crippen LogP contribution in [0.15, 0.2) is 0 Å².